The number of aliphatic hydroxyl groups is 1. The number of hydrogen-bond donors (Lipinski definition) is 4. The van der Waals surface area contributed by atoms with Gasteiger partial charge >= 0.3 is 5.97 Å². The lowest BCUT2D eigenvalue weighted by molar-refractivity contribution is -0.151. The molecular formula is C14H18O5. The zero-order valence-corrected chi connectivity index (χ0v) is 11.4. The monoisotopic (exact) mass is 266 g/mol. The summed E-state index contributed by atoms with van der Waals surface area (Å²) in [7, 11) is 0. The molecule has 0 bridgehead atoms. The second-order valence-corrected chi connectivity index (χ2v) is 4.77. The maximum absolute atomic E-state index is 10.8. The van der Waals surface area contributed by atoms with Crippen LogP contribution in [0.1, 0.15) is 29.2 Å². The Morgan fingerprint density at radius 2 is 1.53 bits per heavy atom. The second kappa shape index (κ2) is 4.93. The first-order chi connectivity index (χ1) is 8.59. The first-order valence-corrected chi connectivity index (χ1v) is 5.76. The molecule has 1 aromatic rings. The van der Waals surface area contributed by atoms with Crippen molar-refractivity contribution in [2.24, 2.45) is 0 Å². The van der Waals surface area contributed by atoms with Gasteiger partial charge in [0.2, 0.25) is 0 Å². The Balaban J connectivity index is 3.38. The lowest BCUT2D eigenvalue weighted by Crippen LogP contribution is -2.32. The van der Waals surface area contributed by atoms with Gasteiger partial charge in [-0.3, -0.25) is 0 Å². The molecule has 0 heterocycles. The van der Waals surface area contributed by atoms with Gasteiger partial charge in [-0.05, 0) is 44.9 Å². The summed E-state index contributed by atoms with van der Waals surface area (Å²) < 4.78 is 0. The molecule has 5 nitrogen and oxygen atoms in total. The second-order valence-electron chi connectivity index (χ2n) is 4.77. The van der Waals surface area contributed by atoms with E-state index in [1.165, 1.54) is 6.08 Å². The number of rotatable bonds is 3. The number of carboxylic acid groups (broad SMARTS) is 1. The van der Waals surface area contributed by atoms with Crippen LogP contribution in [0.4, 0.5) is 0 Å². The molecule has 1 rings (SSSR count). The van der Waals surface area contributed by atoms with E-state index in [-0.39, 0.29) is 11.5 Å². The van der Waals surface area contributed by atoms with Crippen molar-refractivity contribution in [2.75, 3.05) is 0 Å². The van der Waals surface area contributed by atoms with Crippen LogP contribution in [0.3, 0.4) is 0 Å². The van der Waals surface area contributed by atoms with Crippen molar-refractivity contribution in [3.05, 3.63) is 28.3 Å². The highest BCUT2D eigenvalue weighted by Gasteiger charge is 2.26. The summed E-state index contributed by atoms with van der Waals surface area (Å²) in [5.74, 6) is -1.39. The molecule has 0 aliphatic heterocycles. The molecule has 0 fully saturated rings. The largest absolute Gasteiger partial charge is 0.507 e. The topological polar surface area (TPSA) is 98.0 Å². The van der Waals surface area contributed by atoms with E-state index < -0.39 is 11.6 Å². The van der Waals surface area contributed by atoms with Gasteiger partial charge in [0.25, 0.3) is 0 Å². The predicted octanol–water partition coefficient (Wildman–Crippen LogP) is 1.87. The molecule has 5 heteroatoms. The van der Waals surface area contributed by atoms with Crippen molar-refractivity contribution in [2.45, 2.75) is 33.3 Å². The van der Waals surface area contributed by atoms with Crippen molar-refractivity contribution in [3.63, 3.8) is 0 Å². The number of aromatic hydroxyl groups is 2. The standard InChI is InChI=1S/C14H18O5/c1-7-8(2)12(16)10(9(3)11(7)15)5-6-14(4,19)13(17)18/h5-6,15-16,19H,1-4H3,(H,17,18). The van der Waals surface area contributed by atoms with Gasteiger partial charge in [0.15, 0.2) is 5.60 Å². The first-order valence-electron chi connectivity index (χ1n) is 5.76. The van der Waals surface area contributed by atoms with Crippen molar-refractivity contribution < 1.29 is 25.2 Å². The summed E-state index contributed by atoms with van der Waals surface area (Å²) >= 11 is 0. The van der Waals surface area contributed by atoms with Gasteiger partial charge in [0.05, 0.1) is 0 Å². The highest BCUT2D eigenvalue weighted by atomic mass is 16.4. The quantitative estimate of drug-likeness (QED) is 0.626. The molecular weight excluding hydrogens is 248 g/mol. The molecule has 1 atom stereocenters. The van der Waals surface area contributed by atoms with E-state index in [2.05, 4.69) is 0 Å². The van der Waals surface area contributed by atoms with Crippen LogP contribution in [0.2, 0.25) is 0 Å². The zero-order chi connectivity index (χ0) is 15.0. The van der Waals surface area contributed by atoms with Gasteiger partial charge in [0, 0.05) is 11.1 Å². The minimum Gasteiger partial charge on any atom is -0.507 e. The van der Waals surface area contributed by atoms with Crippen LogP contribution in [0, 0.1) is 20.8 Å². The minimum atomic E-state index is -2.03. The lowest BCUT2D eigenvalue weighted by Gasteiger charge is -2.15. The van der Waals surface area contributed by atoms with Gasteiger partial charge < -0.3 is 20.4 Å². The number of aliphatic carboxylic acids is 1. The third-order valence-corrected chi connectivity index (χ3v) is 3.29. The molecule has 104 valence electrons. The molecule has 0 radical (unpaired) electrons. The first kappa shape index (κ1) is 15.0. The molecule has 0 aromatic heterocycles. The van der Waals surface area contributed by atoms with Crippen LogP contribution >= 0.6 is 0 Å². The third-order valence-electron chi connectivity index (χ3n) is 3.29. The molecule has 0 saturated carbocycles. The number of carboxylic acids is 1. The summed E-state index contributed by atoms with van der Waals surface area (Å²) in [6, 6.07) is 0. The van der Waals surface area contributed by atoms with Crippen LogP contribution in [-0.4, -0.2) is 32.0 Å². The summed E-state index contributed by atoms with van der Waals surface area (Å²) in [5, 5.41) is 38.3. The Labute approximate surface area is 111 Å². The van der Waals surface area contributed by atoms with Crippen LogP contribution in [0.15, 0.2) is 6.08 Å². The van der Waals surface area contributed by atoms with Crippen LogP contribution in [-0.2, 0) is 4.79 Å². The molecule has 0 aliphatic carbocycles. The summed E-state index contributed by atoms with van der Waals surface area (Å²) in [6.07, 6.45) is 2.36. The Kier molecular flexibility index (Phi) is 3.91. The maximum atomic E-state index is 10.8. The summed E-state index contributed by atoms with van der Waals surface area (Å²) in [5.41, 5.74) is -0.233. The molecule has 4 N–H and O–H groups in total. The van der Waals surface area contributed by atoms with Crippen molar-refractivity contribution in [1.82, 2.24) is 0 Å². The number of hydrogen-bond acceptors (Lipinski definition) is 4. The van der Waals surface area contributed by atoms with Crippen LogP contribution in [0.25, 0.3) is 6.08 Å². The zero-order valence-electron chi connectivity index (χ0n) is 11.4. The predicted molar refractivity (Wildman–Crippen MR) is 71.3 cm³/mol. The number of carbonyl (C=O) groups is 1. The average molecular weight is 266 g/mol. The van der Waals surface area contributed by atoms with Gasteiger partial charge in [-0.2, -0.15) is 0 Å². The van der Waals surface area contributed by atoms with Crippen molar-refractivity contribution in [3.8, 4) is 11.5 Å². The Morgan fingerprint density at radius 3 is 2.00 bits per heavy atom. The third kappa shape index (κ3) is 2.71. The summed E-state index contributed by atoms with van der Waals surface area (Å²) in [4.78, 5) is 10.8. The molecule has 0 spiro atoms. The normalized spacial score (nSPS) is 14.6. The highest BCUT2D eigenvalue weighted by Crippen LogP contribution is 2.37. The van der Waals surface area contributed by atoms with Crippen molar-refractivity contribution in [1.29, 1.82) is 0 Å². The molecule has 1 aromatic carbocycles. The number of phenols is 2. The molecule has 0 amide bonds. The smallest absolute Gasteiger partial charge is 0.339 e. The van der Waals surface area contributed by atoms with Crippen LogP contribution < -0.4 is 0 Å². The molecule has 1 unspecified atom stereocenters. The van der Waals surface area contributed by atoms with Gasteiger partial charge in [-0.15, -0.1) is 0 Å². The molecule has 0 aliphatic rings. The fourth-order valence-corrected chi connectivity index (χ4v) is 1.66. The van der Waals surface area contributed by atoms with Gasteiger partial charge in [-0.25, -0.2) is 4.79 Å². The lowest BCUT2D eigenvalue weighted by atomic mass is 9.95. The highest BCUT2D eigenvalue weighted by molar-refractivity contribution is 5.81. The van der Waals surface area contributed by atoms with Gasteiger partial charge in [-0.1, -0.05) is 6.08 Å². The summed E-state index contributed by atoms with van der Waals surface area (Å²) in [6.45, 7) is 6.06. The Bertz CT molecular complexity index is 526. The average Bonchev–Trinajstić information content (AvgIpc) is 2.33. The van der Waals surface area contributed by atoms with Gasteiger partial charge in [0.1, 0.15) is 11.5 Å². The molecule has 19 heavy (non-hydrogen) atoms. The van der Waals surface area contributed by atoms with E-state index in [1.54, 1.807) is 20.8 Å². The van der Waals surface area contributed by atoms with Crippen LogP contribution in [0.5, 0.6) is 11.5 Å². The Morgan fingerprint density at radius 1 is 1.05 bits per heavy atom. The fourth-order valence-electron chi connectivity index (χ4n) is 1.66. The number of phenolic OH excluding ortho intramolecular Hbond substituents is 2. The van der Waals surface area contributed by atoms with Crippen molar-refractivity contribution >= 4 is 12.0 Å². The minimum absolute atomic E-state index is 0.0368. The van der Waals surface area contributed by atoms with E-state index in [0.29, 0.717) is 22.3 Å². The number of benzene rings is 1. The SMILES string of the molecule is Cc1c(C)c(O)c(C=CC(C)(O)C(=O)O)c(C)c1O. The van der Waals surface area contributed by atoms with E-state index in [4.69, 9.17) is 5.11 Å². The molecule has 0 saturated heterocycles. The van der Waals surface area contributed by atoms with E-state index in [9.17, 15) is 20.1 Å². The van der Waals surface area contributed by atoms with E-state index in [0.717, 1.165) is 13.0 Å². The maximum Gasteiger partial charge on any atom is 0.339 e. The fraction of sp³-hybridized carbons (Fsp3) is 0.357. The van der Waals surface area contributed by atoms with E-state index >= 15 is 0 Å². The Hall–Kier alpha value is -2.01. The van der Waals surface area contributed by atoms with E-state index in [1.807, 2.05) is 0 Å².